The third kappa shape index (κ3) is 4.72. The maximum atomic E-state index is 12.9. The van der Waals surface area contributed by atoms with Gasteiger partial charge in [-0.05, 0) is 74.4 Å². The predicted molar refractivity (Wildman–Crippen MR) is 121 cm³/mol. The lowest BCUT2D eigenvalue weighted by Crippen LogP contribution is -2.56. The first-order chi connectivity index (χ1) is 15.5. The van der Waals surface area contributed by atoms with Crippen molar-refractivity contribution in [3.05, 3.63) is 59.7 Å². The lowest BCUT2D eigenvalue weighted by molar-refractivity contribution is -0.127. The number of methoxy groups -OCH3 is 1. The molecule has 2 aliphatic rings. The molecule has 32 heavy (non-hydrogen) atoms. The molecule has 3 N–H and O–H groups in total. The Hall–Kier alpha value is -3.06. The molecule has 2 saturated heterocycles. The average molecular weight is 438 g/mol. The van der Waals surface area contributed by atoms with Crippen molar-refractivity contribution in [1.82, 2.24) is 15.5 Å². The third-order valence-corrected chi connectivity index (χ3v) is 6.78. The molecule has 170 valence electrons. The van der Waals surface area contributed by atoms with Gasteiger partial charge < -0.3 is 15.2 Å². The molecule has 0 unspecified atom stereocenters. The van der Waals surface area contributed by atoms with Gasteiger partial charge in [-0.25, -0.2) is 4.79 Å². The molecular weight excluding hydrogens is 406 g/mol. The number of phenols is 1. The van der Waals surface area contributed by atoms with Crippen LogP contribution in [0.3, 0.4) is 0 Å². The van der Waals surface area contributed by atoms with Crippen molar-refractivity contribution in [1.29, 1.82) is 0 Å². The van der Waals surface area contributed by atoms with Crippen LogP contribution in [0.2, 0.25) is 0 Å². The Morgan fingerprint density at radius 1 is 1.09 bits per heavy atom. The minimum atomic E-state index is -0.823. The number of carbonyl (C=O) groups excluding carboxylic acids is 2. The highest BCUT2D eigenvalue weighted by molar-refractivity contribution is 6.07. The molecule has 7 nitrogen and oxygen atoms in total. The van der Waals surface area contributed by atoms with Gasteiger partial charge >= 0.3 is 6.03 Å². The lowest BCUT2D eigenvalue weighted by Gasteiger charge is -2.40. The van der Waals surface area contributed by atoms with E-state index < -0.39 is 5.54 Å². The number of carbonyl (C=O) groups is 2. The lowest BCUT2D eigenvalue weighted by atomic mass is 9.74. The third-order valence-electron chi connectivity index (χ3n) is 6.78. The highest BCUT2D eigenvalue weighted by Crippen LogP contribution is 2.35. The van der Waals surface area contributed by atoms with Gasteiger partial charge in [-0.3, -0.25) is 15.0 Å². The number of likely N-dealkylation sites (tertiary alicyclic amines) is 1. The summed E-state index contributed by atoms with van der Waals surface area (Å²) in [5, 5.41) is 15.5. The maximum Gasteiger partial charge on any atom is 0.322 e. The number of phenolic OH excluding ortho intramolecular Hbond substituents is 1. The normalized spacial score (nSPS) is 21.9. The molecule has 1 atom stereocenters. The number of ether oxygens (including phenoxy) is 1. The number of aryl methyl sites for hydroxylation is 1. The van der Waals surface area contributed by atoms with E-state index >= 15 is 0 Å². The molecule has 2 aromatic rings. The van der Waals surface area contributed by atoms with E-state index in [1.54, 1.807) is 12.1 Å². The van der Waals surface area contributed by atoms with Crippen molar-refractivity contribution in [3.63, 3.8) is 0 Å². The molecule has 0 aliphatic carbocycles. The second-order valence-corrected chi connectivity index (χ2v) is 8.78. The number of hydrogen-bond acceptors (Lipinski definition) is 5. The van der Waals surface area contributed by atoms with E-state index in [0.717, 1.165) is 50.9 Å². The van der Waals surface area contributed by atoms with Crippen LogP contribution in [0, 0.1) is 5.92 Å². The van der Waals surface area contributed by atoms with E-state index in [1.807, 2.05) is 24.3 Å². The Balaban J connectivity index is 1.37. The van der Waals surface area contributed by atoms with Gasteiger partial charge in [0.25, 0.3) is 5.91 Å². The predicted octanol–water partition coefficient (Wildman–Crippen LogP) is 3.21. The van der Waals surface area contributed by atoms with Crippen molar-refractivity contribution >= 4 is 11.9 Å². The largest absolute Gasteiger partial charge is 0.504 e. The SMILES string of the molecule is COc1ccc(CN2CCC([C@]3(CCCc4ccccc4)NC(=O)NC3=O)CC2)cc1O. The Labute approximate surface area is 188 Å². The van der Waals surface area contributed by atoms with Crippen LogP contribution >= 0.6 is 0 Å². The number of aromatic hydroxyl groups is 1. The van der Waals surface area contributed by atoms with Crippen molar-refractivity contribution in [2.24, 2.45) is 5.92 Å². The fourth-order valence-electron chi connectivity index (χ4n) is 5.06. The van der Waals surface area contributed by atoms with Crippen molar-refractivity contribution < 1.29 is 19.4 Å². The summed E-state index contributed by atoms with van der Waals surface area (Å²) in [4.78, 5) is 27.2. The van der Waals surface area contributed by atoms with E-state index in [9.17, 15) is 14.7 Å². The van der Waals surface area contributed by atoms with Crippen molar-refractivity contribution in [3.8, 4) is 11.5 Å². The van der Waals surface area contributed by atoms with Gasteiger partial charge in [-0.1, -0.05) is 36.4 Å². The highest BCUT2D eigenvalue weighted by atomic mass is 16.5. The number of urea groups is 1. The Morgan fingerprint density at radius 2 is 1.84 bits per heavy atom. The number of rotatable bonds is 8. The van der Waals surface area contributed by atoms with Crippen molar-refractivity contribution in [2.75, 3.05) is 20.2 Å². The monoisotopic (exact) mass is 437 g/mol. The van der Waals surface area contributed by atoms with Gasteiger partial charge in [-0.2, -0.15) is 0 Å². The molecule has 2 aromatic carbocycles. The summed E-state index contributed by atoms with van der Waals surface area (Å²) in [6, 6.07) is 15.3. The zero-order valence-electron chi connectivity index (χ0n) is 18.5. The number of hydrogen-bond donors (Lipinski definition) is 3. The van der Waals surface area contributed by atoms with Gasteiger partial charge in [0.05, 0.1) is 7.11 Å². The molecule has 2 fully saturated rings. The first-order valence-corrected chi connectivity index (χ1v) is 11.3. The molecule has 7 heteroatoms. The van der Waals surface area contributed by atoms with Gasteiger partial charge in [0.1, 0.15) is 5.54 Å². The summed E-state index contributed by atoms with van der Waals surface area (Å²) < 4.78 is 5.12. The maximum absolute atomic E-state index is 12.9. The van der Waals surface area contributed by atoms with Crippen LogP contribution in [-0.2, 0) is 17.8 Å². The summed E-state index contributed by atoms with van der Waals surface area (Å²) in [7, 11) is 1.53. The van der Waals surface area contributed by atoms with E-state index in [0.29, 0.717) is 12.2 Å². The summed E-state index contributed by atoms with van der Waals surface area (Å²) in [5.74, 6) is 0.523. The molecule has 0 spiro atoms. The number of imide groups is 1. The van der Waals surface area contributed by atoms with Crippen LogP contribution in [0.1, 0.15) is 36.8 Å². The van der Waals surface area contributed by atoms with Gasteiger partial charge in [-0.15, -0.1) is 0 Å². The molecule has 0 aromatic heterocycles. The van der Waals surface area contributed by atoms with Crippen LogP contribution in [0.5, 0.6) is 11.5 Å². The Bertz CT molecular complexity index is 957. The molecular formula is C25H31N3O4. The van der Waals surface area contributed by atoms with Crippen LogP contribution in [0.25, 0.3) is 0 Å². The van der Waals surface area contributed by atoms with Gasteiger partial charge in [0, 0.05) is 6.54 Å². The van der Waals surface area contributed by atoms with E-state index in [-0.39, 0.29) is 23.6 Å². The quantitative estimate of drug-likeness (QED) is 0.552. The zero-order chi connectivity index (χ0) is 22.6. The number of nitrogens with one attached hydrogen (secondary N) is 2. The van der Waals surface area contributed by atoms with Crippen LogP contribution in [0.4, 0.5) is 4.79 Å². The summed E-state index contributed by atoms with van der Waals surface area (Å²) >= 11 is 0. The zero-order valence-corrected chi connectivity index (χ0v) is 18.5. The fraction of sp³-hybridized carbons (Fsp3) is 0.440. The molecule has 2 aliphatic heterocycles. The smallest absolute Gasteiger partial charge is 0.322 e. The van der Waals surface area contributed by atoms with Crippen molar-refractivity contribution in [2.45, 2.75) is 44.2 Å². The average Bonchev–Trinajstić information content (AvgIpc) is 3.09. The number of piperidine rings is 1. The van der Waals surface area contributed by atoms with Gasteiger partial charge in [0.2, 0.25) is 0 Å². The van der Waals surface area contributed by atoms with Crippen LogP contribution in [-0.4, -0.2) is 47.7 Å². The van der Waals surface area contributed by atoms with E-state index in [1.165, 1.54) is 12.7 Å². The second-order valence-electron chi connectivity index (χ2n) is 8.78. The summed E-state index contributed by atoms with van der Waals surface area (Å²) in [5.41, 5.74) is 1.44. The first kappa shape index (κ1) is 22.1. The second kappa shape index (κ2) is 9.61. The summed E-state index contributed by atoms with van der Waals surface area (Å²) in [6.07, 6.45) is 4.02. The minimum Gasteiger partial charge on any atom is -0.504 e. The number of benzene rings is 2. The molecule has 0 saturated carbocycles. The molecule has 3 amide bonds. The Morgan fingerprint density at radius 3 is 2.47 bits per heavy atom. The van der Waals surface area contributed by atoms with Crippen LogP contribution in [0.15, 0.2) is 48.5 Å². The first-order valence-electron chi connectivity index (χ1n) is 11.3. The van der Waals surface area contributed by atoms with E-state index in [2.05, 4.69) is 27.7 Å². The molecule has 0 bridgehead atoms. The highest BCUT2D eigenvalue weighted by Gasteiger charge is 2.51. The van der Waals surface area contributed by atoms with E-state index in [4.69, 9.17) is 4.74 Å². The van der Waals surface area contributed by atoms with Gasteiger partial charge in [0.15, 0.2) is 11.5 Å². The minimum absolute atomic E-state index is 0.102. The number of amides is 3. The van der Waals surface area contributed by atoms with Crippen LogP contribution < -0.4 is 15.4 Å². The molecule has 4 rings (SSSR count). The fourth-order valence-corrected chi connectivity index (χ4v) is 5.06. The Kier molecular flexibility index (Phi) is 6.65. The number of nitrogens with zero attached hydrogens (tertiary/aromatic N) is 1. The molecule has 0 radical (unpaired) electrons. The summed E-state index contributed by atoms with van der Waals surface area (Å²) in [6.45, 7) is 2.39. The topological polar surface area (TPSA) is 90.9 Å². The molecule has 2 heterocycles. The standard InChI is InChI=1S/C25H31N3O4/c1-32-22-10-9-19(16-21(22)29)17-28-14-11-20(12-15-28)25(23(30)26-24(31)27-25)13-5-8-18-6-3-2-4-7-18/h2-4,6-7,9-10,16,20,29H,5,8,11-15,17H2,1H3,(H2,26,27,30,31)/t25-/m0/s1.